The lowest BCUT2D eigenvalue weighted by atomic mass is 10.1. The standard InChI is InChI=1S/C10H12F3N3O2S2/c1-16(2)20(17,18)15-6-3-4-7(9(14)19)8(5-6)10(11,12)13/h3-5,15H,1-2H3,(H2,14,19). The number of nitrogens with two attached hydrogens (primary N) is 1. The number of anilines is 1. The van der Waals surface area contributed by atoms with Gasteiger partial charge in [0.05, 0.1) is 11.3 Å². The van der Waals surface area contributed by atoms with Gasteiger partial charge in [0.2, 0.25) is 0 Å². The summed E-state index contributed by atoms with van der Waals surface area (Å²) in [6, 6.07) is 2.83. The van der Waals surface area contributed by atoms with Gasteiger partial charge >= 0.3 is 16.4 Å². The summed E-state index contributed by atoms with van der Waals surface area (Å²) in [7, 11) is -1.40. The molecule has 0 unspecified atom stereocenters. The minimum atomic E-state index is -4.70. The van der Waals surface area contributed by atoms with Crippen molar-refractivity contribution in [3.05, 3.63) is 29.3 Å². The second-order valence-corrected chi connectivity index (χ2v) is 6.34. The smallest absolute Gasteiger partial charge is 0.389 e. The largest absolute Gasteiger partial charge is 0.417 e. The number of hydrogen-bond acceptors (Lipinski definition) is 3. The summed E-state index contributed by atoms with van der Waals surface area (Å²) in [6.45, 7) is 0. The second kappa shape index (κ2) is 5.54. The molecule has 0 saturated heterocycles. The molecule has 5 nitrogen and oxygen atoms in total. The Morgan fingerprint density at radius 2 is 1.90 bits per heavy atom. The van der Waals surface area contributed by atoms with Crippen molar-refractivity contribution in [2.75, 3.05) is 18.8 Å². The Morgan fingerprint density at radius 3 is 2.30 bits per heavy atom. The minimum absolute atomic E-state index is 0.231. The number of hydrogen-bond donors (Lipinski definition) is 2. The van der Waals surface area contributed by atoms with E-state index in [1.807, 2.05) is 4.72 Å². The van der Waals surface area contributed by atoms with E-state index in [0.29, 0.717) is 6.07 Å². The van der Waals surface area contributed by atoms with Crippen molar-refractivity contribution < 1.29 is 21.6 Å². The van der Waals surface area contributed by atoms with Crippen molar-refractivity contribution in [2.45, 2.75) is 6.18 Å². The van der Waals surface area contributed by atoms with E-state index >= 15 is 0 Å². The van der Waals surface area contributed by atoms with Crippen molar-refractivity contribution in [1.82, 2.24) is 4.31 Å². The molecule has 0 saturated carbocycles. The fourth-order valence-electron chi connectivity index (χ4n) is 1.30. The number of thiocarbonyl (C=S) groups is 1. The molecule has 0 bridgehead atoms. The Balaban J connectivity index is 3.31. The van der Waals surface area contributed by atoms with Crippen LogP contribution in [-0.4, -0.2) is 31.8 Å². The van der Waals surface area contributed by atoms with Crippen LogP contribution in [-0.2, 0) is 16.4 Å². The summed E-state index contributed by atoms with van der Waals surface area (Å²) < 4.78 is 64.6. The normalized spacial score (nSPS) is 12.5. The molecule has 112 valence electrons. The lowest BCUT2D eigenvalue weighted by Gasteiger charge is -2.16. The molecule has 0 aromatic heterocycles. The molecule has 0 amide bonds. The maximum Gasteiger partial charge on any atom is 0.417 e. The van der Waals surface area contributed by atoms with Crippen LogP contribution in [0.4, 0.5) is 18.9 Å². The molecule has 0 fully saturated rings. The molecule has 1 aromatic carbocycles. The van der Waals surface area contributed by atoms with Crippen molar-refractivity contribution in [1.29, 1.82) is 0 Å². The highest BCUT2D eigenvalue weighted by molar-refractivity contribution is 7.90. The number of halogens is 3. The van der Waals surface area contributed by atoms with Gasteiger partial charge in [0, 0.05) is 19.7 Å². The number of alkyl halides is 3. The quantitative estimate of drug-likeness (QED) is 0.823. The topological polar surface area (TPSA) is 75.4 Å². The molecule has 0 radical (unpaired) electrons. The van der Waals surface area contributed by atoms with Crippen molar-refractivity contribution in [2.24, 2.45) is 5.73 Å². The molecule has 0 heterocycles. The Morgan fingerprint density at radius 1 is 1.35 bits per heavy atom. The first-order valence-corrected chi connectivity index (χ1v) is 7.01. The van der Waals surface area contributed by atoms with Crippen LogP contribution in [0.5, 0.6) is 0 Å². The van der Waals surface area contributed by atoms with Gasteiger partial charge in [0.25, 0.3) is 0 Å². The van der Waals surface area contributed by atoms with Crippen molar-refractivity contribution in [3.8, 4) is 0 Å². The third-order valence-corrected chi connectivity index (χ3v) is 3.99. The van der Waals surface area contributed by atoms with Gasteiger partial charge in [-0.1, -0.05) is 12.2 Å². The van der Waals surface area contributed by atoms with Gasteiger partial charge in [0.15, 0.2) is 0 Å². The maximum atomic E-state index is 12.9. The second-order valence-electron chi connectivity index (χ2n) is 4.01. The molecule has 20 heavy (non-hydrogen) atoms. The average molecular weight is 327 g/mol. The van der Waals surface area contributed by atoms with E-state index in [4.69, 9.17) is 5.73 Å². The van der Waals surface area contributed by atoms with E-state index in [0.717, 1.165) is 16.4 Å². The zero-order chi connectivity index (χ0) is 15.7. The number of nitrogens with one attached hydrogen (secondary N) is 1. The van der Waals surface area contributed by atoms with E-state index in [1.165, 1.54) is 14.1 Å². The molecule has 0 aliphatic carbocycles. The van der Waals surface area contributed by atoms with Crippen LogP contribution in [0.3, 0.4) is 0 Å². The fraction of sp³-hybridized carbons (Fsp3) is 0.300. The molecule has 0 aliphatic rings. The third-order valence-electron chi connectivity index (χ3n) is 2.32. The SMILES string of the molecule is CN(C)S(=O)(=O)Nc1ccc(C(N)=S)c(C(F)(F)F)c1. The first kappa shape index (κ1) is 16.7. The van der Waals surface area contributed by atoms with Crippen molar-refractivity contribution >= 4 is 33.1 Å². The molecular weight excluding hydrogens is 315 g/mol. The van der Waals surface area contributed by atoms with Crippen LogP contribution in [0.1, 0.15) is 11.1 Å². The monoisotopic (exact) mass is 327 g/mol. The van der Waals surface area contributed by atoms with Gasteiger partial charge < -0.3 is 5.73 Å². The first-order chi connectivity index (χ1) is 8.95. The molecule has 10 heteroatoms. The number of benzene rings is 1. The first-order valence-electron chi connectivity index (χ1n) is 5.16. The van der Waals surface area contributed by atoms with Crippen molar-refractivity contribution in [3.63, 3.8) is 0 Å². The van der Waals surface area contributed by atoms with Crippen LogP contribution in [0, 0.1) is 0 Å². The zero-order valence-electron chi connectivity index (χ0n) is 10.5. The van der Waals surface area contributed by atoms with E-state index in [2.05, 4.69) is 12.2 Å². The van der Waals surface area contributed by atoms with Crippen LogP contribution in [0.15, 0.2) is 18.2 Å². The lowest BCUT2D eigenvalue weighted by molar-refractivity contribution is -0.137. The molecular formula is C10H12F3N3O2S2. The highest BCUT2D eigenvalue weighted by Crippen LogP contribution is 2.34. The van der Waals surface area contributed by atoms with E-state index < -0.39 is 26.9 Å². The summed E-state index contributed by atoms with van der Waals surface area (Å²) in [5.74, 6) is 0. The van der Waals surface area contributed by atoms with Crippen LogP contribution >= 0.6 is 12.2 Å². The molecule has 0 atom stereocenters. The summed E-state index contributed by atoms with van der Waals surface area (Å²) in [5.41, 5.74) is 3.54. The van der Waals surface area contributed by atoms with Gasteiger partial charge in [-0.05, 0) is 18.2 Å². The molecule has 0 aliphatic heterocycles. The predicted octanol–water partition coefficient (Wildman–Crippen LogP) is 1.56. The van der Waals surface area contributed by atoms with Gasteiger partial charge in [-0.2, -0.15) is 25.9 Å². The predicted molar refractivity (Wildman–Crippen MR) is 73.6 cm³/mol. The Hall–Kier alpha value is -1.39. The highest BCUT2D eigenvalue weighted by atomic mass is 32.2. The van der Waals surface area contributed by atoms with Crippen LogP contribution in [0.25, 0.3) is 0 Å². The molecule has 3 N–H and O–H groups in total. The van der Waals surface area contributed by atoms with E-state index in [9.17, 15) is 21.6 Å². The van der Waals surface area contributed by atoms with Crippen LogP contribution in [0.2, 0.25) is 0 Å². The number of rotatable bonds is 4. The third kappa shape index (κ3) is 3.81. The average Bonchev–Trinajstić information content (AvgIpc) is 2.26. The Kier molecular flexibility index (Phi) is 4.62. The Bertz CT molecular complexity index is 627. The fourth-order valence-corrected chi connectivity index (χ4v) is 2.08. The maximum absolute atomic E-state index is 12.9. The summed E-state index contributed by atoms with van der Waals surface area (Å²) >= 11 is 4.54. The molecule has 1 aromatic rings. The van der Waals surface area contributed by atoms with Gasteiger partial charge in [-0.3, -0.25) is 4.72 Å². The molecule has 1 rings (SSSR count). The molecule has 0 spiro atoms. The summed E-state index contributed by atoms with van der Waals surface area (Å²) in [4.78, 5) is -0.417. The van der Waals surface area contributed by atoms with Gasteiger partial charge in [0.1, 0.15) is 4.99 Å². The summed E-state index contributed by atoms with van der Waals surface area (Å²) in [6.07, 6.45) is -4.70. The van der Waals surface area contributed by atoms with Gasteiger partial charge in [-0.25, -0.2) is 0 Å². The van der Waals surface area contributed by atoms with E-state index in [1.54, 1.807) is 0 Å². The van der Waals surface area contributed by atoms with E-state index in [-0.39, 0.29) is 11.3 Å². The summed E-state index contributed by atoms with van der Waals surface area (Å²) in [5, 5.41) is 0. The highest BCUT2D eigenvalue weighted by Gasteiger charge is 2.34. The zero-order valence-corrected chi connectivity index (χ0v) is 12.2. The van der Waals surface area contributed by atoms with Crippen LogP contribution < -0.4 is 10.5 Å². The Labute approximate surface area is 119 Å². The lowest BCUT2D eigenvalue weighted by Crippen LogP contribution is -2.29. The number of nitrogens with zero attached hydrogens (tertiary/aromatic N) is 1. The van der Waals surface area contributed by atoms with Gasteiger partial charge in [-0.15, -0.1) is 0 Å². The minimum Gasteiger partial charge on any atom is -0.389 e.